The summed E-state index contributed by atoms with van der Waals surface area (Å²) in [5, 5.41) is 0. The van der Waals surface area contributed by atoms with Gasteiger partial charge in [-0.15, -0.1) is 0 Å². The Kier molecular flexibility index (Phi) is 4.46. The Morgan fingerprint density at radius 1 is 1.04 bits per heavy atom. The summed E-state index contributed by atoms with van der Waals surface area (Å²) >= 11 is 0. The average molecular weight is 381 g/mol. The van der Waals surface area contributed by atoms with Crippen molar-refractivity contribution < 1.29 is 14.3 Å². The molecule has 2 aliphatic heterocycles. The van der Waals surface area contributed by atoms with Crippen LogP contribution in [0.5, 0.6) is 0 Å². The Morgan fingerprint density at radius 2 is 1.82 bits per heavy atom. The van der Waals surface area contributed by atoms with Crippen LogP contribution in [0.4, 0.5) is 0 Å². The van der Waals surface area contributed by atoms with Gasteiger partial charge in [0.25, 0.3) is 5.91 Å². The van der Waals surface area contributed by atoms with Crippen LogP contribution in [0.3, 0.4) is 0 Å². The molecule has 6 nitrogen and oxygen atoms in total. The van der Waals surface area contributed by atoms with Crippen LogP contribution in [0.15, 0.2) is 36.7 Å². The van der Waals surface area contributed by atoms with E-state index in [0.717, 1.165) is 25.7 Å². The number of piperidine rings is 1. The monoisotopic (exact) mass is 381 g/mol. The van der Waals surface area contributed by atoms with Crippen molar-refractivity contribution in [1.82, 2.24) is 14.8 Å². The molecular weight excluding hydrogens is 354 g/mol. The van der Waals surface area contributed by atoms with Gasteiger partial charge >= 0.3 is 0 Å². The number of rotatable bonds is 2. The number of likely N-dealkylation sites (tertiary alicyclic amines) is 1. The smallest absolute Gasteiger partial charge is 0.253 e. The highest BCUT2D eigenvalue weighted by atomic mass is 16.5. The molecule has 2 bridgehead atoms. The maximum atomic E-state index is 13.1. The zero-order valence-corrected chi connectivity index (χ0v) is 16.1. The lowest BCUT2D eigenvalue weighted by atomic mass is 9.87. The van der Waals surface area contributed by atoms with Crippen molar-refractivity contribution >= 4 is 11.8 Å². The number of morpholine rings is 1. The second-order valence-corrected chi connectivity index (χ2v) is 8.71. The van der Waals surface area contributed by atoms with Gasteiger partial charge in [0.05, 0.1) is 12.2 Å². The molecule has 0 aromatic carbocycles. The first-order valence-electron chi connectivity index (χ1n) is 10.4. The van der Waals surface area contributed by atoms with Gasteiger partial charge in [-0.05, 0) is 49.7 Å². The van der Waals surface area contributed by atoms with Crippen LogP contribution in [0.25, 0.3) is 0 Å². The molecule has 6 heteroatoms. The number of allylic oxidation sites excluding steroid dienone is 2. The molecular formula is C22H27N3O3. The minimum atomic E-state index is -0.295. The fourth-order valence-electron chi connectivity index (χ4n) is 5.43. The van der Waals surface area contributed by atoms with E-state index < -0.39 is 0 Å². The fraction of sp³-hybridized carbons (Fsp3) is 0.591. The Bertz CT molecular complexity index is 785. The highest BCUT2D eigenvalue weighted by Gasteiger charge is 2.46. The first-order valence-corrected chi connectivity index (χ1v) is 10.4. The summed E-state index contributed by atoms with van der Waals surface area (Å²) < 4.78 is 6.19. The summed E-state index contributed by atoms with van der Waals surface area (Å²) in [6.07, 6.45) is 11.6. The van der Waals surface area contributed by atoms with Crippen LogP contribution in [-0.2, 0) is 9.53 Å². The Balaban J connectivity index is 1.21. The number of ether oxygens (including phenoxy) is 1. The van der Waals surface area contributed by atoms with E-state index in [9.17, 15) is 9.59 Å². The van der Waals surface area contributed by atoms with E-state index in [0.29, 0.717) is 56.1 Å². The standard InChI is InChI=1S/C22H27N3O3/c26-20(17-3-7-23-8-4-17)24-9-5-22(6-10-24)15-25(11-12-28-22)21(27)19-14-16-1-2-18(19)13-16/h1-4,7-8,16,18-19H,5-6,9-15H2/t16-,18+,19-/m1/s1. The van der Waals surface area contributed by atoms with Crippen molar-refractivity contribution in [2.24, 2.45) is 17.8 Å². The van der Waals surface area contributed by atoms with E-state index in [1.54, 1.807) is 24.5 Å². The first-order chi connectivity index (χ1) is 13.6. The van der Waals surface area contributed by atoms with Crippen molar-refractivity contribution in [3.05, 3.63) is 42.2 Å². The number of aromatic nitrogens is 1. The van der Waals surface area contributed by atoms with Crippen LogP contribution in [0.1, 0.15) is 36.0 Å². The van der Waals surface area contributed by atoms with Crippen molar-refractivity contribution in [2.75, 3.05) is 32.8 Å². The van der Waals surface area contributed by atoms with Gasteiger partial charge in [0.1, 0.15) is 0 Å². The Labute approximate surface area is 165 Å². The van der Waals surface area contributed by atoms with Gasteiger partial charge < -0.3 is 14.5 Å². The Hall–Kier alpha value is -2.21. The SMILES string of the molecule is O=C(c1ccncc1)N1CCC2(CC1)CN(C(=O)[C@@H]1C[C@@H]3C=C[C@H]1C3)CCO2. The second-order valence-electron chi connectivity index (χ2n) is 8.71. The molecule has 1 saturated carbocycles. The molecule has 1 aromatic heterocycles. The molecule has 2 aliphatic carbocycles. The zero-order valence-electron chi connectivity index (χ0n) is 16.1. The molecule has 3 heterocycles. The van der Waals surface area contributed by atoms with Crippen molar-refractivity contribution in [2.45, 2.75) is 31.3 Å². The second kappa shape index (κ2) is 6.99. The molecule has 28 heavy (non-hydrogen) atoms. The van der Waals surface area contributed by atoms with Crippen LogP contribution >= 0.6 is 0 Å². The highest BCUT2D eigenvalue weighted by molar-refractivity contribution is 5.94. The highest BCUT2D eigenvalue weighted by Crippen LogP contribution is 2.44. The number of nitrogens with zero attached hydrogens (tertiary/aromatic N) is 3. The molecule has 1 spiro atoms. The molecule has 0 radical (unpaired) electrons. The van der Waals surface area contributed by atoms with Gasteiger partial charge in [0.2, 0.25) is 5.91 Å². The first kappa shape index (κ1) is 17.9. The van der Waals surface area contributed by atoms with Gasteiger partial charge in [-0.25, -0.2) is 0 Å². The zero-order chi connectivity index (χ0) is 19.1. The number of hydrogen-bond acceptors (Lipinski definition) is 4. The summed E-state index contributed by atoms with van der Waals surface area (Å²) in [6.45, 7) is 3.29. The third kappa shape index (κ3) is 3.13. The number of carbonyl (C=O) groups is 2. The van der Waals surface area contributed by atoms with Crippen molar-refractivity contribution in [1.29, 1.82) is 0 Å². The average Bonchev–Trinajstić information content (AvgIpc) is 3.38. The summed E-state index contributed by atoms with van der Waals surface area (Å²) in [7, 11) is 0. The van der Waals surface area contributed by atoms with Gasteiger partial charge in [0, 0.05) is 50.1 Å². The number of pyridine rings is 1. The van der Waals surface area contributed by atoms with E-state index in [1.165, 1.54) is 0 Å². The lowest BCUT2D eigenvalue weighted by Crippen LogP contribution is -2.59. The molecule has 5 rings (SSSR count). The molecule has 3 fully saturated rings. The van der Waals surface area contributed by atoms with E-state index in [4.69, 9.17) is 4.74 Å². The predicted octanol–water partition coefficient (Wildman–Crippen LogP) is 2.13. The Morgan fingerprint density at radius 3 is 2.50 bits per heavy atom. The number of carbonyl (C=O) groups excluding carboxylic acids is 2. The molecule has 3 atom stereocenters. The van der Waals surface area contributed by atoms with Gasteiger partial charge in [-0.2, -0.15) is 0 Å². The van der Waals surface area contributed by atoms with E-state index in [1.807, 2.05) is 9.80 Å². The third-order valence-corrected chi connectivity index (χ3v) is 7.05. The summed E-state index contributed by atoms with van der Waals surface area (Å²) in [5.41, 5.74) is 0.382. The molecule has 0 N–H and O–H groups in total. The summed E-state index contributed by atoms with van der Waals surface area (Å²) in [5.74, 6) is 1.58. The topological polar surface area (TPSA) is 62.7 Å². The number of hydrogen-bond donors (Lipinski definition) is 0. The molecule has 148 valence electrons. The van der Waals surface area contributed by atoms with Crippen LogP contribution in [-0.4, -0.2) is 65.0 Å². The van der Waals surface area contributed by atoms with Crippen LogP contribution < -0.4 is 0 Å². The molecule has 2 saturated heterocycles. The number of fused-ring (bicyclic) bond motifs is 2. The third-order valence-electron chi connectivity index (χ3n) is 7.05. The summed E-state index contributed by atoms with van der Waals surface area (Å²) in [6, 6.07) is 3.52. The maximum absolute atomic E-state index is 13.1. The molecule has 1 aromatic rings. The van der Waals surface area contributed by atoms with Gasteiger partial charge in [0.15, 0.2) is 0 Å². The molecule has 2 amide bonds. The van der Waals surface area contributed by atoms with E-state index in [-0.39, 0.29) is 17.4 Å². The normalized spacial score (nSPS) is 30.8. The largest absolute Gasteiger partial charge is 0.371 e. The fourth-order valence-corrected chi connectivity index (χ4v) is 5.43. The minimum absolute atomic E-state index is 0.0507. The lowest BCUT2D eigenvalue weighted by Gasteiger charge is -2.48. The van der Waals surface area contributed by atoms with E-state index >= 15 is 0 Å². The molecule has 0 unspecified atom stereocenters. The van der Waals surface area contributed by atoms with E-state index in [2.05, 4.69) is 17.1 Å². The van der Waals surface area contributed by atoms with Gasteiger partial charge in [-0.3, -0.25) is 14.6 Å². The van der Waals surface area contributed by atoms with Crippen molar-refractivity contribution in [3.8, 4) is 0 Å². The van der Waals surface area contributed by atoms with Crippen LogP contribution in [0, 0.1) is 17.8 Å². The number of amides is 2. The van der Waals surface area contributed by atoms with Crippen LogP contribution in [0.2, 0.25) is 0 Å². The lowest BCUT2D eigenvalue weighted by molar-refractivity contribution is -0.162. The molecule has 4 aliphatic rings. The quantitative estimate of drug-likeness (QED) is 0.737. The van der Waals surface area contributed by atoms with Crippen molar-refractivity contribution in [3.63, 3.8) is 0 Å². The minimum Gasteiger partial charge on any atom is -0.371 e. The predicted molar refractivity (Wildman–Crippen MR) is 103 cm³/mol. The maximum Gasteiger partial charge on any atom is 0.253 e. The summed E-state index contributed by atoms with van der Waals surface area (Å²) in [4.78, 5) is 33.7. The van der Waals surface area contributed by atoms with Gasteiger partial charge in [-0.1, -0.05) is 12.2 Å².